The van der Waals surface area contributed by atoms with E-state index in [2.05, 4.69) is 10.3 Å². The number of nitrogens with zero attached hydrogens (tertiary/aromatic N) is 3. The maximum Gasteiger partial charge on any atom is 0.244 e. The standard InChI is InChI=1S/C22H20N4O/c1-16(22(27)24-15-18-11-7-8-14-23-18)26-20-13-6-5-12-19(20)21(25-26)17-9-3-2-4-10-17/h2-14,16H,15H2,1H3,(H,24,27)/t16-/m1/s1. The van der Waals surface area contributed by atoms with Crippen LogP contribution in [0.25, 0.3) is 22.2 Å². The van der Waals surface area contributed by atoms with Gasteiger partial charge in [-0.2, -0.15) is 5.10 Å². The minimum Gasteiger partial charge on any atom is -0.349 e. The molecule has 0 bridgehead atoms. The molecule has 0 aliphatic rings. The summed E-state index contributed by atoms with van der Waals surface area (Å²) in [6.07, 6.45) is 1.72. The van der Waals surface area contributed by atoms with Crippen LogP contribution in [0.4, 0.5) is 0 Å². The molecule has 0 aliphatic heterocycles. The molecule has 1 atom stereocenters. The molecule has 0 radical (unpaired) electrons. The Balaban J connectivity index is 1.64. The molecule has 4 rings (SSSR count). The Morgan fingerprint density at radius 3 is 2.52 bits per heavy atom. The Kier molecular flexibility index (Phi) is 4.66. The van der Waals surface area contributed by atoms with E-state index in [1.54, 1.807) is 10.9 Å². The van der Waals surface area contributed by atoms with Gasteiger partial charge < -0.3 is 5.32 Å². The van der Waals surface area contributed by atoms with Gasteiger partial charge >= 0.3 is 0 Å². The van der Waals surface area contributed by atoms with Crippen molar-refractivity contribution in [2.45, 2.75) is 19.5 Å². The van der Waals surface area contributed by atoms with Gasteiger partial charge in [-0.05, 0) is 25.1 Å². The summed E-state index contributed by atoms with van der Waals surface area (Å²) in [6.45, 7) is 2.26. The van der Waals surface area contributed by atoms with E-state index < -0.39 is 6.04 Å². The van der Waals surface area contributed by atoms with Crippen LogP contribution in [-0.4, -0.2) is 20.7 Å². The normalized spacial score (nSPS) is 12.0. The topological polar surface area (TPSA) is 59.8 Å². The summed E-state index contributed by atoms with van der Waals surface area (Å²) >= 11 is 0. The molecule has 5 nitrogen and oxygen atoms in total. The van der Waals surface area contributed by atoms with Gasteiger partial charge in [0, 0.05) is 17.1 Å². The largest absolute Gasteiger partial charge is 0.349 e. The third kappa shape index (κ3) is 3.44. The first kappa shape index (κ1) is 17.0. The molecule has 1 amide bonds. The predicted octanol–water partition coefficient (Wildman–Crippen LogP) is 3.98. The predicted molar refractivity (Wildman–Crippen MR) is 106 cm³/mol. The number of hydrogen-bond acceptors (Lipinski definition) is 3. The lowest BCUT2D eigenvalue weighted by atomic mass is 10.1. The van der Waals surface area contributed by atoms with Gasteiger partial charge in [0.25, 0.3) is 0 Å². The highest BCUT2D eigenvalue weighted by molar-refractivity contribution is 5.94. The average Bonchev–Trinajstić information content (AvgIpc) is 3.12. The Labute approximate surface area is 157 Å². The molecule has 2 heterocycles. The fourth-order valence-corrected chi connectivity index (χ4v) is 3.13. The first-order valence-corrected chi connectivity index (χ1v) is 8.94. The lowest BCUT2D eigenvalue weighted by molar-refractivity contribution is -0.124. The Morgan fingerprint density at radius 1 is 1.00 bits per heavy atom. The minimum absolute atomic E-state index is 0.0893. The molecule has 4 aromatic rings. The maximum absolute atomic E-state index is 12.7. The van der Waals surface area contributed by atoms with Crippen molar-refractivity contribution in [3.05, 3.63) is 84.7 Å². The van der Waals surface area contributed by atoms with Gasteiger partial charge in [-0.3, -0.25) is 14.5 Å². The molecule has 27 heavy (non-hydrogen) atoms. The van der Waals surface area contributed by atoms with Crippen molar-refractivity contribution >= 4 is 16.8 Å². The van der Waals surface area contributed by atoms with Crippen molar-refractivity contribution in [1.29, 1.82) is 0 Å². The van der Waals surface area contributed by atoms with Crippen LogP contribution in [-0.2, 0) is 11.3 Å². The van der Waals surface area contributed by atoms with Crippen molar-refractivity contribution in [3.8, 4) is 11.3 Å². The molecule has 2 aromatic heterocycles. The number of pyridine rings is 1. The van der Waals surface area contributed by atoms with E-state index in [0.717, 1.165) is 27.9 Å². The lowest BCUT2D eigenvalue weighted by Crippen LogP contribution is -2.31. The van der Waals surface area contributed by atoms with Gasteiger partial charge in [0.05, 0.1) is 17.8 Å². The quantitative estimate of drug-likeness (QED) is 0.588. The zero-order valence-electron chi connectivity index (χ0n) is 15.0. The fraction of sp³-hybridized carbons (Fsp3) is 0.136. The number of para-hydroxylation sites is 1. The van der Waals surface area contributed by atoms with Crippen molar-refractivity contribution in [2.24, 2.45) is 0 Å². The number of nitrogens with one attached hydrogen (secondary N) is 1. The molecule has 0 unspecified atom stereocenters. The van der Waals surface area contributed by atoms with Crippen LogP contribution < -0.4 is 5.32 Å². The van der Waals surface area contributed by atoms with E-state index >= 15 is 0 Å². The maximum atomic E-state index is 12.7. The zero-order valence-corrected chi connectivity index (χ0v) is 15.0. The van der Waals surface area contributed by atoms with Crippen LogP contribution in [0.15, 0.2) is 79.0 Å². The van der Waals surface area contributed by atoms with Crippen molar-refractivity contribution in [3.63, 3.8) is 0 Å². The fourth-order valence-electron chi connectivity index (χ4n) is 3.13. The number of benzene rings is 2. The van der Waals surface area contributed by atoms with Crippen LogP contribution in [0.3, 0.4) is 0 Å². The number of fused-ring (bicyclic) bond motifs is 1. The molecule has 0 saturated heterocycles. The minimum atomic E-state index is -0.434. The molecule has 2 aromatic carbocycles. The molecule has 0 saturated carbocycles. The molecular weight excluding hydrogens is 336 g/mol. The summed E-state index contributed by atoms with van der Waals surface area (Å²) in [6, 6.07) is 23.2. The van der Waals surface area contributed by atoms with Crippen LogP contribution in [0.1, 0.15) is 18.7 Å². The molecule has 0 fully saturated rings. The highest BCUT2D eigenvalue weighted by Crippen LogP contribution is 2.29. The number of rotatable bonds is 5. The zero-order chi connectivity index (χ0) is 18.6. The van der Waals surface area contributed by atoms with Gasteiger partial charge in [-0.15, -0.1) is 0 Å². The second-order valence-electron chi connectivity index (χ2n) is 6.39. The van der Waals surface area contributed by atoms with E-state index in [0.29, 0.717) is 6.54 Å². The van der Waals surface area contributed by atoms with E-state index in [9.17, 15) is 4.79 Å². The second-order valence-corrected chi connectivity index (χ2v) is 6.39. The van der Waals surface area contributed by atoms with E-state index in [-0.39, 0.29) is 5.91 Å². The molecule has 1 N–H and O–H groups in total. The molecule has 134 valence electrons. The summed E-state index contributed by atoms with van der Waals surface area (Å²) < 4.78 is 1.80. The summed E-state index contributed by atoms with van der Waals surface area (Å²) in [5, 5.41) is 8.76. The van der Waals surface area contributed by atoms with Crippen LogP contribution >= 0.6 is 0 Å². The highest BCUT2D eigenvalue weighted by atomic mass is 16.2. The Morgan fingerprint density at radius 2 is 1.74 bits per heavy atom. The van der Waals surface area contributed by atoms with Crippen molar-refractivity contribution < 1.29 is 4.79 Å². The highest BCUT2D eigenvalue weighted by Gasteiger charge is 2.20. The van der Waals surface area contributed by atoms with E-state index in [1.165, 1.54) is 0 Å². The summed E-state index contributed by atoms with van der Waals surface area (Å²) in [5.74, 6) is -0.0893. The Bertz CT molecular complexity index is 1060. The number of carbonyl (C=O) groups is 1. The van der Waals surface area contributed by atoms with Gasteiger partial charge in [-0.25, -0.2) is 0 Å². The van der Waals surface area contributed by atoms with Gasteiger partial charge in [-0.1, -0.05) is 54.6 Å². The van der Waals surface area contributed by atoms with E-state index in [1.807, 2.05) is 79.7 Å². The van der Waals surface area contributed by atoms with Crippen molar-refractivity contribution in [2.75, 3.05) is 0 Å². The third-order valence-electron chi connectivity index (χ3n) is 4.58. The van der Waals surface area contributed by atoms with Crippen molar-refractivity contribution in [1.82, 2.24) is 20.1 Å². The SMILES string of the molecule is C[C@H](C(=O)NCc1ccccn1)n1nc(-c2ccccc2)c2ccccc21. The smallest absolute Gasteiger partial charge is 0.244 e. The second kappa shape index (κ2) is 7.41. The molecular formula is C22H20N4O. The monoisotopic (exact) mass is 356 g/mol. The average molecular weight is 356 g/mol. The van der Waals surface area contributed by atoms with Gasteiger partial charge in [0.2, 0.25) is 5.91 Å². The summed E-state index contributed by atoms with van der Waals surface area (Å²) in [5.41, 5.74) is 3.69. The number of amides is 1. The van der Waals surface area contributed by atoms with Crippen LogP contribution in [0.2, 0.25) is 0 Å². The van der Waals surface area contributed by atoms with Crippen LogP contribution in [0, 0.1) is 0 Å². The van der Waals surface area contributed by atoms with E-state index in [4.69, 9.17) is 5.10 Å². The summed E-state index contributed by atoms with van der Waals surface area (Å²) in [7, 11) is 0. The molecule has 0 spiro atoms. The lowest BCUT2D eigenvalue weighted by Gasteiger charge is -2.13. The number of aromatic nitrogens is 3. The third-order valence-corrected chi connectivity index (χ3v) is 4.58. The number of carbonyl (C=O) groups excluding carboxylic acids is 1. The first-order valence-electron chi connectivity index (χ1n) is 8.94. The molecule has 0 aliphatic carbocycles. The van der Waals surface area contributed by atoms with Gasteiger partial charge in [0.15, 0.2) is 0 Å². The Hall–Kier alpha value is -3.47. The van der Waals surface area contributed by atoms with Gasteiger partial charge in [0.1, 0.15) is 11.7 Å². The van der Waals surface area contributed by atoms with Crippen LogP contribution in [0.5, 0.6) is 0 Å². The summed E-state index contributed by atoms with van der Waals surface area (Å²) in [4.78, 5) is 16.9. The molecule has 5 heteroatoms. The number of hydrogen-bond donors (Lipinski definition) is 1. The first-order chi connectivity index (χ1) is 13.2.